The summed E-state index contributed by atoms with van der Waals surface area (Å²) in [6.45, 7) is 3.66. The summed E-state index contributed by atoms with van der Waals surface area (Å²) in [5.74, 6) is -1.23. The lowest BCUT2D eigenvalue weighted by molar-refractivity contribution is -0.126. The molecule has 0 aliphatic carbocycles. The van der Waals surface area contributed by atoms with Crippen molar-refractivity contribution in [2.45, 2.75) is 25.4 Å². The number of carbonyl (C=O) groups is 2. The summed E-state index contributed by atoms with van der Waals surface area (Å²) in [5.41, 5.74) is 2.66. The second kappa shape index (κ2) is 5.97. The number of fused-ring (bicyclic) bond motifs is 3. The van der Waals surface area contributed by atoms with Crippen molar-refractivity contribution in [1.82, 2.24) is 10.0 Å². The van der Waals surface area contributed by atoms with E-state index in [-0.39, 0.29) is 23.7 Å². The Morgan fingerprint density at radius 1 is 0.852 bits per heavy atom. The van der Waals surface area contributed by atoms with Gasteiger partial charge in [0.05, 0.1) is 17.6 Å². The predicted molar refractivity (Wildman–Crippen MR) is 98.1 cm³/mol. The van der Waals surface area contributed by atoms with E-state index in [0.29, 0.717) is 5.69 Å². The number of halogens is 1. The first-order valence-corrected chi connectivity index (χ1v) is 9.29. The number of nitrogens with zero attached hydrogens (tertiary/aromatic N) is 3. The van der Waals surface area contributed by atoms with E-state index in [0.717, 1.165) is 30.6 Å². The molecule has 0 aromatic heterocycles. The van der Waals surface area contributed by atoms with Gasteiger partial charge in [0.1, 0.15) is 11.9 Å². The Morgan fingerprint density at radius 2 is 1.48 bits per heavy atom. The number of rotatable bonds is 2. The second-order valence-electron chi connectivity index (χ2n) is 7.49. The number of benzene rings is 2. The molecule has 6 heteroatoms. The van der Waals surface area contributed by atoms with E-state index >= 15 is 0 Å². The average Bonchev–Trinajstić information content (AvgIpc) is 3.30. The van der Waals surface area contributed by atoms with Crippen LogP contribution < -0.4 is 4.90 Å². The highest BCUT2D eigenvalue weighted by molar-refractivity contribution is 6.24. The third-order valence-corrected chi connectivity index (χ3v) is 5.91. The summed E-state index contributed by atoms with van der Waals surface area (Å²) < 4.78 is 13.3. The number of aryl methyl sites for hydroxylation is 1. The Labute approximate surface area is 156 Å². The monoisotopic (exact) mass is 365 g/mol. The van der Waals surface area contributed by atoms with Crippen LogP contribution in [0.1, 0.15) is 23.6 Å². The fraction of sp³-hybridized carbons (Fsp3) is 0.333. The number of amides is 2. The van der Waals surface area contributed by atoms with Crippen molar-refractivity contribution < 1.29 is 14.0 Å². The van der Waals surface area contributed by atoms with Gasteiger partial charge in [0.2, 0.25) is 5.91 Å². The first-order chi connectivity index (χ1) is 13.1. The summed E-state index contributed by atoms with van der Waals surface area (Å²) >= 11 is 0. The summed E-state index contributed by atoms with van der Waals surface area (Å²) in [5, 5.41) is 4.26. The maximum absolute atomic E-state index is 13.3. The molecule has 0 radical (unpaired) electrons. The molecule has 3 aliphatic rings. The van der Waals surface area contributed by atoms with Crippen molar-refractivity contribution in [3.63, 3.8) is 0 Å². The molecular weight excluding hydrogens is 345 g/mol. The van der Waals surface area contributed by atoms with Gasteiger partial charge in [-0.15, -0.1) is 0 Å². The Morgan fingerprint density at radius 3 is 2.15 bits per heavy atom. The van der Waals surface area contributed by atoms with Crippen LogP contribution in [0.3, 0.4) is 0 Å². The molecule has 2 aromatic carbocycles. The predicted octanol–water partition coefficient (Wildman–Crippen LogP) is 2.67. The Hall–Kier alpha value is -2.57. The number of hydrogen-bond acceptors (Lipinski definition) is 4. The molecule has 3 saturated heterocycles. The van der Waals surface area contributed by atoms with E-state index in [2.05, 4.69) is 22.2 Å². The minimum Gasteiger partial charge on any atom is -0.274 e. The smallest absolute Gasteiger partial charge is 0.253 e. The largest absolute Gasteiger partial charge is 0.274 e. The highest BCUT2D eigenvalue weighted by Crippen LogP contribution is 2.48. The van der Waals surface area contributed by atoms with Crippen molar-refractivity contribution in [2.24, 2.45) is 5.92 Å². The molecule has 0 bridgehead atoms. The molecule has 27 heavy (non-hydrogen) atoms. The lowest BCUT2D eigenvalue weighted by atomic mass is 9.89. The van der Waals surface area contributed by atoms with Crippen molar-refractivity contribution in [3.05, 3.63) is 65.5 Å². The number of imide groups is 1. The molecule has 0 N–H and O–H groups in total. The summed E-state index contributed by atoms with van der Waals surface area (Å²) in [7, 11) is 0. The van der Waals surface area contributed by atoms with Crippen LogP contribution in [0.2, 0.25) is 0 Å². The molecule has 138 valence electrons. The van der Waals surface area contributed by atoms with Crippen molar-refractivity contribution >= 4 is 17.5 Å². The molecule has 2 amide bonds. The van der Waals surface area contributed by atoms with Crippen molar-refractivity contribution in [2.75, 3.05) is 18.0 Å². The van der Waals surface area contributed by atoms with Gasteiger partial charge in [-0.25, -0.2) is 19.3 Å². The lowest BCUT2D eigenvalue weighted by Crippen LogP contribution is -2.44. The standard InChI is InChI=1S/C21H20FN3O2/c1-13-3-5-14(6-4-13)18-17-19(24-12-2-11-23(18)24)21(27)25(20(17)26)16-9-7-15(22)8-10-16/h3-10,17-19H,2,11-12H2,1H3/t17-,18-,19-/m1/s1. The maximum Gasteiger partial charge on any atom is 0.253 e. The van der Waals surface area contributed by atoms with Gasteiger partial charge in [-0.3, -0.25) is 9.59 Å². The van der Waals surface area contributed by atoms with Crippen molar-refractivity contribution in [3.8, 4) is 0 Å². The topological polar surface area (TPSA) is 43.9 Å². The molecule has 3 atom stereocenters. The molecular formula is C21H20FN3O2. The van der Waals surface area contributed by atoms with Crippen LogP contribution in [-0.4, -0.2) is 41.0 Å². The fourth-order valence-electron chi connectivity index (χ4n) is 4.72. The molecule has 3 heterocycles. The van der Waals surface area contributed by atoms with Crippen LogP contribution in [0.5, 0.6) is 0 Å². The summed E-state index contributed by atoms with van der Waals surface area (Å²) in [6, 6.07) is 13.1. The van der Waals surface area contributed by atoms with Crippen LogP contribution in [0.15, 0.2) is 48.5 Å². The Balaban J connectivity index is 1.57. The first-order valence-electron chi connectivity index (χ1n) is 9.29. The Bertz CT molecular complexity index is 912. The van der Waals surface area contributed by atoms with Gasteiger partial charge >= 0.3 is 0 Å². The van der Waals surface area contributed by atoms with Gasteiger partial charge in [0, 0.05) is 13.1 Å². The van der Waals surface area contributed by atoms with E-state index < -0.39 is 12.0 Å². The van der Waals surface area contributed by atoms with E-state index in [1.165, 1.54) is 29.2 Å². The normalized spacial score (nSPS) is 28.1. The SMILES string of the molecule is Cc1ccc([C@@H]2[C@H]3C(=O)N(c4ccc(F)cc4)C(=O)[C@@H]3N3CCCN23)cc1. The van der Waals surface area contributed by atoms with E-state index in [1.807, 2.05) is 19.1 Å². The van der Waals surface area contributed by atoms with Crippen LogP contribution in [0.4, 0.5) is 10.1 Å². The lowest BCUT2D eigenvalue weighted by Gasteiger charge is -2.29. The van der Waals surface area contributed by atoms with Gasteiger partial charge < -0.3 is 0 Å². The number of anilines is 1. The van der Waals surface area contributed by atoms with Crippen LogP contribution >= 0.6 is 0 Å². The number of hydrogen-bond donors (Lipinski definition) is 0. The molecule has 0 saturated carbocycles. The molecule has 0 unspecified atom stereocenters. The van der Waals surface area contributed by atoms with E-state index in [9.17, 15) is 14.0 Å². The van der Waals surface area contributed by atoms with E-state index in [1.54, 1.807) is 0 Å². The Kier molecular flexibility index (Phi) is 3.67. The van der Waals surface area contributed by atoms with Gasteiger partial charge in [-0.1, -0.05) is 29.8 Å². The highest BCUT2D eigenvalue weighted by atomic mass is 19.1. The minimum atomic E-state index is -0.476. The van der Waals surface area contributed by atoms with Crippen LogP contribution in [0, 0.1) is 18.7 Å². The number of hydrazine groups is 1. The molecule has 0 spiro atoms. The zero-order chi connectivity index (χ0) is 18.7. The van der Waals surface area contributed by atoms with Gasteiger partial charge in [-0.2, -0.15) is 0 Å². The van der Waals surface area contributed by atoms with Crippen molar-refractivity contribution in [1.29, 1.82) is 0 Å². The fourth-order valence-corrected chi connectivity index (χ4v) is 4.72. The maximum atomic E-state index is 13.3. The molecule has 3 aliphatic heterocycles. The molecule has 5 nitrogen and oxygen atoms in total. The van der Waals surface area contributed by atoms with Gasteiger partial charge in [0.25, 0.3) is 5.91 Å². The third-order valence-electron chi connectivity index (χ3n) is 5.91. The van der Waals surface area contributed by atoms with E-state index in [4.69, 9.17) is 0 Å². The number of carbonyl (C=O) groups excluding carboxylic acids is 2. The second-order valence-corrected chi connectivity index (χ2v) is 7.49. The molecule has 3 fully saturated rings. The first kappa shape index (κ1) is 16.6. The summed E-state index contributed by atoms with van der Waals surface area (Å²) in [4.78, 5) is 27.8. The summed E-state index contributed by atoms with van der Waals surface area (Å²) in [6.07, 6.45) is 0.976. The van der Waals surface area contributed by atoms with Crippen LogP contribution in [0.25, 0.3) is 0 Å². The van der Waals surface area contributed by atoms with Gasteiger partial charge in [0.15, 0.2) is 0 Å². The minimum absolute atomic E-state index is 0.139. The van der Waals surface area contributed by atoms with Gasteiger partial charge in [-0.05, 0) is 43.2 Å². The zero-order valence-corrected chi connectivity index (χ0v) is 15.0. The zero-order valence-electron chi connectivity index (χ0n) is 15.0. The van der Waals surface area contributed by atoms with Crippen LogP contribution in [-0.2, 0) is 9.59 Å². The highest BCUT2D eigenvalue weighted by Gasteiger charge is 2.62. The third kappa shape index (κ3) is 2.37. The quantitative estimate of drug-likeness (QED) is 0.768. The molecule has 2 aromatic rings. The molecule has 5 rings (SSSR count). The average molecular weight is 365 g/mol.